The van der Waals surface area contributed by atoms with Gasteiger partial charge in [0, 0.05) is 31.9 Å². The number of rotatable bonds is 6. The van der Waals surface area contributed by atoms with E-state index in [2.05, 4.69) is 20.4 Å². The maximum atomic E-state index is 12.7. The van der Waals surface area contributed by atoms with Crippen LogP contribution in [0.3, 0.4) is 0 Å². The summed E-state index contributed by atoms with van der Waals surface area (Å²) in [6.07, 6.45) is 1.62. The van der Waals surface area contributed by atoms with Crippen molar-refractivity contribution in [3.8, 4) is 5.75 Å². The summed E-state index contributed by atoms with van der Waals surface area (Å²) in [5.74, 6) is 2.15. The highest BCUT2D eigenvalue weighted by molar-refractivity contribution is 5.92. The maximum Gasteiger partial charge on any atom is 0.274 e. The second-order valence-electron chi connectivity index (χ2n) is 6.71. The van der Waals surface area contributed by atoms with E-state index in [0.29, 0.717) is 31.1 Å². The van der Waals surface area contributed by atoms with Crippen LogP contribution in [0.2, 0.25) is 0 Å². The number of hydrogen-bond acceptors (Lipinski definition) is 7. The number of ether oxygens (including phenoxy) is 1. The highest BCUT2D eigenvalue weighted by Crippen LogP contribution is 2.21. The van der Waals surface area contributed by atoms with Crippen LogP contribution in [-0.4, -0.2) is 54.3 Å². The van der Waals surface area contributed by atoms with Gasteiger partial charge < -0.3 is 24.3 Å². The average Bonchev–Trinajstić information content (AvgIpc) is 3.31. The Hall–Kier alpha value is -3.55. The zero-order chi connectivity index (χ0) is 20.1. The minimum atomic E-state index is -0.0931. The van der Waals surface area contributed by atoms with Crippen molar-refractivity contribution in [1.29, 1.82) is 0 Å². The van der Waals surface area contributed by atoms with Crippen molar-refractivity contribution in [3.05, 3.63) is 66.2 Å². The van der Waals surface area contributed by atoms with Crippen LogP contribution < -0.4 is 15.0 Å². The molecule has 0 saturated carbocycles. The van der Waals surface area contributed by atoms with Crippen molar-refractivity contribution in [2.75, 3.05) is 43.5 Å². The SMILES string of the molecule is COc1ccc(N2CCN(C(=O)c3ccc(NCc4ccco4)nn3)CC2)cc1. The first-order valence-corrected chi connectivity index (χ1v) is 9.51. The first kappa shape index (κ1) is 18.8. The van der Waals surface area contributed by atoms with Crippen molar-refractivity contribution < 1.29 is 13.9 Å². The zero-order valence-corrected chi connectivity index (χ0v) is 16.2. The van der Waals surface area contributed by atoms with Crippen LogP contribution >= 0.6 is 0 Å². The highest BCUT2D eigenvalue weighted by Gasteiger charge is 2.23. The summed E-state index contributed by atoms with van der Waals surface area (Å²) >= 11 is 0. The molecule has 0 radical (unpaired) electrons. The van der Waals surface area contributed by atoms with Gasteiger partial charge >= 0.3 is 0 Å². The van der Waals surface area contributed by atoms with Crippen LogP contribution in [0.4, 0.5) is 11.5 Å². The summed E-state index contributed by atoms with van der Waals surface area (Å²) in [5.41, 5.74) is 1.48. The number of anilines is 2. The van der Waals surface area contributed by atoms with Gasteiger partial charge in [-0.2, -0.15) is 0 Å². The lowest BCUT2D eigenvalue weighted by Crippen LogP contribution is -2.49. The van der Waals surface area contributed by atoms with Crippen molar-refractivity contribution >= 4 is 17.4 Å². The molecule has 0 bridgehead atoms. The number of carbonyl (C=O) groups excluding carboxylic acids is 1. The van der Waals surface area contributed by atoms with Gasteiger partial charge in [-0.3, -0.25) is 4.79 Å². The Labute approximate surface area is 169 Å². The molecule has 150 valence electrons. The lowest BCUT2D eigenvalue weighted by atomic mass is 10.2. The standard InChI is InChI=1S/C21H23N5O3/c1-28-17-6-4-16(5-7-17)25-10-12-26(13-11-25)21(27)19-8-9-20(24-23-19)22-15-18-3-2-14-29-18/h2-9,14H,10-13,15H2,1H3,(H,22,24). The normalized spacial score (nSPS) is 14.0. The number of piperazine rings is 1. The molecule has 29 heavy (non-hydrogen) atoms. The first-order chi connectivity index (χ1) is 14.2. The monoisotopic (exact) mass is 393 g/mol. The topological polar surface area (TPSA) is 83.7 Å². The maximum absolute atomic E-state index is 12.7. The smallest absolute Gasteiger partial charge is 0.274 e. The number of benzene rings is 1. The van der Waals surface area contributed by atoms with Gasteiger partial charge in [-0.05, 0) is 48.5 Å². The van der Waals surface area contributed by atoms with Gasteiger partial charge in [-0.15, -0.1) is 10.2 Å². The van der Waals surface area contributed by atoms with Crippen LogP contribution in [0, 0.1) is 0 Å². The Balaban J connectivity index is 1.30. The van der Waals surface area contributed by atoms with Crippen LogP contribution in [0.25, 0.3) is 0 Å². The summed E-state index contributed by atoms with van der Waals surface area (Å²) in [6, 6.07) is 15.1. The molecule has 1 N–H and O–H groups in total. The number of nitrogens with zero attached hydrogens (tertiary/aromatic N) is 4. The molecule has 3 aromatic rings. The Morgan fingerprint density at radius 3 is 2.48 bits per heavy atom. The molecule has 1 amide bonds. The molecule has 0 aliphatic carbocycles. The molecule has 1 fully saturated rings. The molecule has 0 unspecified atom stereocenters. The van der Waals surface area contributed by atoms with E-state index >= 15 is 0 Å². The predicted octanol–water partition coefficient (Wildman–Crippen LogP) is 2.65. The molecule has 8 heteroatoms. The largest absolute Gasteiger partial charge is 0.497 e. The minimum Gasteiger partial charge on any atom is -0.497 e. The third-order valence-corrected chi connectivity index (χ3v) is 4.91. The molecule has 1 aromatic carbocycles. The van der Waals surface area contributed by atoms with Gasteiger partial charge in [-0.25, -0.2) is 0 Å². The van der Waals surface area contributed by atoms with Crippen LogP contribution in [0.15, 0.2) is 59.2 Å². The summed E-state index contributed by atoms with van der Waals surface area (Å²) in [5, 5.41) is 11.3. The van der Waals surface area contributed by atoms with Gasteiger partial charge in [0.15, 0.2) is 5.69 Å². The fourth-order valence-electron chi connectivity index (χ4n) is 3.25. The van der Waals surface area contributed by atoms with Gasteiger partial charge in [-0.1, -0.05) is 0 Å². The molecular weight excluding hydrogens is 370 g/mol. The van der Waals surface area contributed by atoms with Crippen LogP contribution in [0.5, 0.6) is 5.75 Å². The van der Waals surface area contributed by atoms with Crippen molar-refractivity contribution in [2.24, 2.45) is 0 Å². The second kappa shape index (κ2) is 8.64. The van der Waals surface area contributed by atoms with Crippen molar-refractivity contribution in [2.45, 2.75) is 6.54 Å². The quantitative estimate of drug-likeness (QED) is 0.689. The summed E-state index contributed by atoms with van der Waals surface area (Å²) in [6.45, 7) is 3.35. The fraction of sp³-hybridized carbons (Fsp3) is 0.286. The van der Waals surface area contributed by atoms with Gasteiger partial charge in [0.25, 0.3) is 5.91 Å². The minimum absolute atomic E-state index is 0.0931. The van der Waals surface area contributed by atoms with E-state index in [-0.39, 0.29) is 5.91 Å². The fourth-order valence-corrected chi connectivity index (χ4v) is 3.25. The Kier molecular flexibility index (Phi) is 5.60. The number of amides is 1. The molecule has 1 saturated heterocycles. The van der Waals surface area contributed by atoms with E-state index in [9.17, 15) is 4.79 Å². The van der Waals surface area contributed by atoms with E-state index in [1.807, 2.05) is 41.3 Å². The summed E-state index contributed by atoms with van der Waals surface area (Å²) in [4.78, 5) is 16.8. The zero-order valence-electron chi connectivity index (χ0n) is 16.2. The van der Waals surface area contributed by atoms with Crippen molar-refractivity contribution in [1.82, 2.24) is 15.1 Å². The number of aromatic nitrogens is 2. The van der Waals surface area contributed by atoms with E-state index < -0.39 is 0 Å². The number of carbonyl (C=O) groups is 1. The third kappa shape index (κ3) is 4.48. The molecule has 8 nitrogen and oxygen atoms in total. The summed E-state index contributed by atoms with van der Waals surface area (Å²) in [7, 11) is 1.66. The van der Waals surface area contributed by atoms with Gasteiger partial charge in [0.2, 0.25) is 0 Å². The predicted molar refractivity (Wildman–Crippen MR) is 109 cm³/mol. The highest BCUT2D eigenvalue weighted by atomic mass is 16.5. The Morgan fingerprint density at radius 2 is 1.86 bits per heavy atom. The Bertz CT molecular complexity index is 918. The van der Waals surface area contributed by atoms with Crippen molar-refractivity contribution in [3.63, 3.8) is 0 Å². The molecule has 4 rings (SSSR count). The second-order valence-corrected chi connectivity index (χ2v) is 6.71. The van der Waals surface area contributed by atoms with Crippen LogP contribution in [-0.2, 0) is 6.54 Å². The van der Waals surface area contributed by atoms with E-state index in [1.165, 1.54) is 0 Å². The molecule has 2 aromatic heterocycles. The number of methoxy groups -OCH3 is 1. The van der Waals surface area contributed by atoms with E-state index in [1.54, 1.807) is 25.5 Å². The summed E-state index contributed by atoms with van der Waals surface area (Å²) < 4.78 is 10.5. The molecular formula is C21H23N5O3. The molecule has 0 spiro atoms. The first-order valence-electron chi connectivity index (χ1n) is 9.51. The lowest BCUT2D eigenvalue weighted by molar-refractivity contribution is 0.0739. The van der Waals surface area contributed by atoms with E-state index in [0.717, 1.165) is 30.3 Å². The number of nitrogens with one attached hydrogen (secondary N) is 1. The molecule has 1 aliphatic heterocycles. The Morgan fingerprint density at radius 1 is 1.07 bits per heavy atom. The number of furan rings is 1. The average molecular weight is 393 g/mol. The molecule has 1 aliphatic rings. The van der Waals surface area contributed by atoms with Crippen LogP contribution in [0.1, 0.15) is 16.2 Å². The third-order valence-electron chi connectivity index (χ3n) is 4.91. The number of hydrogen-bond donors (Lipinski definition) is 1. The van der Waals surface area contributed by atoms with E-state index in [4.69, 9.17) is 9.15 Å². The molecule has 0 atom stereocenters. The van der Waals surface area contributed by atoms with Gasteiger partial charge in [0.1, 0.15) is 17.3 Å². The lowest BCUT2D eigenvalue weighted by Gasteiger charge is -2.36. The van der Waals surface area contributed by atoms with Gasteiger partial charge in [0.05, 0.1) is 19.9 Å². The molecule has 3 heterocycles.